The molecule has 1 aliphatic heterocycles. The van der Waals surface area contributed by atoms with E-state index < -0.39 is 0 Å². The molecular formula is C20H25BrN4. The number of hydrogen-bond donors (Lipinski definition) is 2. The Kier molecular flexibility index (Phi) is 5.97. The van der Waals surface area contributed by atoms with Gasteiger partial charge in [0.15, 0.2) is 5.96 Å². The largest absolute Gasteiger partial charge is 0.371 e. The lowest BCUT2D eigenvalue weighted by Crippen LogP contribution is -2.25. The van der Waals surface area contributed by atoms with Gasteiger partial charge in [0.05, 0.1) is 0 Å². The normalized spacial score (nSPS) is 17.8. The number of nitrogens with two attached hydrogens (primary N) is 1. The number of hydrogen-bond acceptors (Lipinski definition) is 2. The average Bonchev–Trinajstić information content (AvgIpc) is 3.10. The lowest BCUT2D eigenvalue weighted by atomic mass is 10.1. The Bertz CT molecular complexity index is 709. The van der Waals surface area contributed by atoms with E-state index in [1.54, 1.807) is 0 Å². The maximum atomic E-state index is 6.04. The van der Waals surface area contributed by atoms with E-state index in [1.165, 1.54) is 11.3 Å². The van der Waals surface area contributed by atoms with Crippen molar-refractivity contribution in [1.82, 2.24) is 0 Å². The van der Waals surface area contributed by atoms with Crippen molar-refractivity contribution < 1.29 is 0 Å². The summed E-state index contributed by atoms with van der Waals surface area (Å²) in [5.74, 6) is 1.04. The number of nitrogens with zero attached hydrogens (tertiary/aromatic N) is 2. The molecule has 3 rings (SSSR count). The van der Waals surface area contributed by atoms with Crippen molar-refractivity contribution in [2.45, 2.75) is 19.8 Å². The molecule has 0 spiro atoms. The highest BCUT2D eigenvalue weighted by molar-refractivity contribution is 9.10. The lowest BCUT2D eigenvalue weighted by Gasteiger charge is -2.18. The zero-order valence-electron chi connectivity index (χ0n) is 14.6. The monoisotopic (exact) mass is 400 g/mol. The zero-order valence-corrected chi connectivity index (χ0v) is 16.2. The number of rotatable bonds is 5. The molecule has 3 N–H and O–H groups in total. The first-order valence-electron chi connectivity index (χ1n) is 8.80. The van der Waals surface area contributed by atoms with Gasteiger partial charge in [-0.3, -0.25) is 4.99 Å². The average molecular weight is 401 g/mol. The molecule has 1 saturated heterocycles. The van der Waals surface area contributed by atoms with Crippen LogP contribution in [0, 0.1) is 5.92 Å². The van der Waals surface area contributed by atoms with Crippen LogP contribution in [-0.4, -0.2) is 25.6 Å². The van der Waals surface area contributed by atoms with Gasteiger partial charge in [0, 0.05) is 35.5 Å². The second kappa shape index (κ2) is 8.39. The second-order valence-electron chi connectivity index (χ2n) is 6.48. The molecule has 0 saturated carbocycles. The second-order valence-corrected chi connectivity index (χ2v) is 7.39. The molecule has 1 heterocycles. The molecule has 2 aromatic rings. The third-order valence-electron chi connectivity index (χ3n) is 4.63. The molecule has 1 atom stereocenters. The van der Waals surface area contributed by atoms with E-state index in [2.05, 4.69) is 74.5 Å². The molecule has 1 fully saturated rings. The molecule has 1 aliphatic rings. The predicted octanol–water partition coefficient (Wildman–Crippen LogP) is 4.26. The Morgan fingerprint density at radius 1 is 1.20 bits per heavy atom. The zero-order chi connectivity index (χ0) is 17.6. The van der Waals surface area contributed by atoms with Crippen LogP contribution in [0.3, 0.4) is 0 Å². The molecule has 2 aromatic carbocycles. The van der Waals surface area contributed by atoms with Gasteiger partial charge in [-0.15, -0.1) is 0 Å². The maximum absolute atomic E-state index is 6.04. The van der Waals surface area contributed by atoms with Crippen LogP contribution in [-0.2, 0) is 6.42 Å². The van der Waals surface area contributed by atoms with Gasteiger partial charge in [-0.05, 0) is 60.7 Å². The minimum Gasteiger partial charge on any atom is -0.371 e. The third kappa shape index (κ3) is 4.98. The number of nitrogens with one attached hydrogen (secondary N) is 1. The molecule has 0 amide bonds. The molecule has 0 bridgehead atoms. The summed E-state index contributed by atoms with van der Waals surface area (Å²) in [6.07, 6.45) is 2.19. The maximum Gasteiger partial charge on any atom is 0.193 e. The van der Waals surface area contributed by atoms with Crippen LogP contribution in [0.1, 0.15) is 18.9 Å². The van der Waals surface area contributed by atoms with Crippen molar-refractivity contribution in [3.8, 4) is 0 Å². The van der Waals surface area contributed by atoms with Crippen LogP contribution < -0.4 is 16.0 Å². The number of benzene rings is 2. The Labute approximate surface area is 158 Å². The van der Waals surface area contributed by atoms with E-state index in [0.29, 0.717) is 11.9 Å². The highest BCUT2D eigenvalue weighted by Crippen LogP contribution is 2.25. The van der Waals surface area contributed by atoms with Crippen LogP contribution in [0.25, 0.3) is 0 Å². The number of anilines is 2. The highest BCUT2D eigenvalue weighted by atomic mass is 79.9. The molecule has 0 aromatic heterocycles. The van der Waals surface area contributed by atoms with E-state index in [9.17, 15) is 0 Å². The Balaban J connectivity index is 1.50. The Morgan fingerprint density at radius 2 is 1.92 bits per heavy atom. The van der Waals surface area contributed by atoms with Crippen molar-refractivity contribution in [1.29, 1.82) is 0 Å². The summed E-state index contributed by atoms with van der Waals surface area (Å²) in [4.78, 5) is 6.95. The molecule has 0 aliphatic carbocycles. The van der Waals surface area contributed by atoms with Gasteiger partial charge in [-0.1, -0.05) is 35.0 Å². The standard InChI is InChI=1S/C20H25BrN4/c1-2-15-3-7-18(8-4-15)24-20(22)23-13-16-11-12-25(14-16)19-9-5-17(21)6-10-19/h3-10,16H,2,11-14H2,1H3,(H3,22,23,24). The summed E-state index contributed by atoms with van der Waals surface area (Å²) in [5, 5.41) is 3.18. The summed E-state index contributed by atoms with van der Waals surface area (Å²) in [5.41, 5.74) is 9.62. The highest BCUT2D eigenvalue weighted by Gasteiger charge is 2.22. The molecule has 1 unspecified atom stereocenters. The Morgan fingerprint density at radius 3 is 2.60 bits per heavy atom. The van der Waals surface area contributed by atoms with Gasteiger partial charge < -0.3 is 16.0 Å². The van der Waals surface area contributed by atoms with Crippen molar-refractivity contribution in [2.75, 3.05) is 29.9 Å². The van der Waals surface area contributed by atoms with Gasteiger partial charge in [0.1, 0.15) is 0 Å². The summed E-state index contributed by atoms with van der Waals surface area (Å²) in [7, 11) is 0. The quantitative estimate of drug-likeness (QED) is 0.581. The van der Waals surface area contributed by atoms with Crippen LogP contribution in [0.2, 0.25) is 0 Å². The topological polar surface area (TPSA) is 53.6 Å². The first-order chi connectivity index (χ1) is 12.1. The molecule has 5 heteroatoms. The van der Waals surface area contributed by atoms with Gasteiger partial charge in [-0.25, -0.2) is 0 Å². The van der Waals surface area contributed by atoms with Gasteiger partial charge in [0.2, 0.25) is 0 Å². The number of aryl methyl sites for hydroxylation is 1. The van der Waals surface area contributed by atoms with E-state index in [-0.39, 0.29) is 0 Å². The van der Waals surface area contributed by atoms with E-state index in [1.807, 2.05) is 12.1 Å². The van der Waals surface area contributed by atoms with E-state index in [0.717, 1.165) is 42.6 Å². The molecule has 25 heavy (non-hydrogen) atoms. The fourth-order valence-electron chi connectivity index (χ4n) is 3.11. The predicted molar refractivity (Wildman–Crippen MR) is 110 cm³/mol. The number of guanidine groups is 1. The van der Waals surface area contributed by atoms with Crippen molar-refractivity contribution >= 4 is 33.3 Å². The van der Waals surface area contributed by atoms with E-state index in [4.69, 9.17) is 5.73 Å². The molecule has 4 nitrogen and oxygen atoms in total. The van der Waals surface area contributed by atoms with Gasteiger partial charge in [0.25, 0.3) is 0 Å². The summed E-state index contributed by atoms with van der Waals surface area (Å²) < 4.78 is 1.11. The minimum atomic E-state index is 0.492. The van der Waals surface area contributed by atoms with Crippen molar-refractivity contribution in [2.24, 2.45) is 16.6 Å². The minimum absolute atomic E-state index is 0.492. The smallest absolute Gasteiger partial charge is 0.193 e. The first kappa shape index (κ1) is 17.8. The van der Waals surface area contributed by atoms with Gasteiger partial charge >= 0.3 is 0 Å². The lowest BCUT2D eigenvalue weighted by molar-refractivity contribution is 0.603. The molecular weight excluding hydrogens is 376 g/mol. The summed E-state index contributed by atoms with van der Waals surface area (Å²) in [6.45, 7) is 5.02. The van der Waals surface area contributed by atoms with Crippen LogP contribution in [0.4, 0.5) is 11.4 Å². The third-order valence-corrected chi connectivity index (χ3v) is 5.16. The first-order valence-corrected chi connectivity index (χ1v) is 9.59. The van der Waals surface area contributed by atoms with Crippen LogP contribution >= 0.6 is 15.9 Å². The fourth-order valence-corrected chi connectivity index (χ4v) is 3.37. The summed E-state index contributed by atoms with van der Waals surface area (Å²) >= 11 is 3.48. The number of aliphatic imine (C=N–C) groups is 1. The van der Waals surface area contributed by atoms with E-state index >= 15 is 0 Å². The van der Waals surface area contributed by atoms with Crippen molar-refractivity contribution in [3.63, 3.8) is 0 Å². The van der Waals surface area contributed by atoms with Crippen molar-refractivity contribution in [3.05, 3.63) is 58.6 Å². The summed E-state index contributed by atoms with van der Waals surface area (Å²) in [6, 6.07) is 16.8. The van der Waals surface area contributed by atoms with Gasteiger partial charge in [-0.2, -0.15) is 0 Å². The molecule has 0 radical (unpaired) electrons. The fraction of sp³-hybridized carbons (Fsp3) is 0.350. The van der Waals surface area contributed by atoms with Crippen LogP contribution in [0.15, 0.2) is 58.0 Å². The van der Waals surface area contributed by atoms with Crippen LogP contribution in [0.5, 0.6) is 0 Å². The molecule has 132 valence electrons. The number of halogens is 1. The Hall–Kier alpha value is -2.01. The SMILES string of the molecule is CCc1ccc(NC(N)=NCC2CCN(c3ccc(Br)cc3)C2)cc1.